The minimum Gasteiger partial charge on any atom is -0.497 e. The van der Waals surface area contributed by atoms with Crippen LogP contribution in [0.5, 0.6) is 17.2 Å². The van der Waals surface area contributed by atoms with Crippen molar-refractivity contribution in [1.82, 2.24) is 5.43 Å². The van der Waals surface area contributed by atoms with Gasteiger partial charge in [-0.2, -0.15) is 5.10 Å². The Labute approximate surface area is 161 Å². The second kappa shape index (κ2) is 9.81. The smallest absolute Gasteiger partial charge is 0.340 e. The summed E-state index contributed by atoms with van der Waals surface area (Å²) in [6.45, 7) is -0.0256. The van der Waals surface area contributed by atoms with Gasteiger partial charge in [0.05, 0.1) is 34.1 Å². The number of amides is 1. The molecule has 0 aliphatic carbocycles. The fourth-order valence-corrected chi connectivity index (χ4v) is 2.40. The highest BCUT2D eigenvalue weighted by atomic mass is 16.5. The molecule has 28 heavy (non-hydrogen) atoms. The molecule has 0 aliphatic rings. The number of nitrogens with one attached hydrogen (secondary N) is 2. The summed E-state index contributed by atoms with van der Waals surface area (Å²) in [5.41, 5.74) is 3.19. The van der Waals surface area contributed by atoms with Crippen LogP contribution in [0.1, 0.15) is 15.9 Å². The predicted octanol–water partition coefficient (Wildman–Crippen LogP) is 1.97. The Morgan fingerprint density at radius 1 is 1.11 bits per heavy atom. The number of hydrogen-bond acceptors (Lipinski definition) is 7. The number of benzene rings is 2. The van der Waals surface area contributed by atoms with Crippen LogP contribution in [0.4, 0.5) is 5.69 Å². The van der Waals surface area contributed by atoms with E-state index in [1.807, 2.05) is 0 Å². The lowest BCUT2D eigenvalue weighted by Crippen LogP contribution is -2.26. The fraction of sp³-hybridized carbons (Fsp3) is 0.211. The Kier molecular flexibility index (Phi) is 7.21. The molecule has 0 aliphatic heterocycles. The third-order valence-corrected chi connectivity index (χ3v) is 3.71. The van der Waals surface area contributed by atoms with Crippen molar-refractivity contribution >= 4 is 23.8 Å². The van der Waals surface area contributed by atoms with Gasteiger partial charge in [0.1, 0.15) is 11.3 Å². The van der Waals surface area contributed by atoms with Gasteiger partial charge in [-0.25, -0.2) is 10.2 Å². The molecule has 9 heteroatoms. The van der Waals surface area contributed by atoms with E-state index in [-0.39, 0.29) is 29.2 Å². The monoisotopic (exact) mass is 387 g/mol. The minimum atomic E-state index is -1.21. The molecular weight excluding hydrogens is 366 g/mol. The van der Waals surface area contributed by atoms with Gasteiger partial charge >= 0.3 is 5.97 Å². The molecule has 0 unspecified atom stereocenters. The minimum absolute atomic E-state index is 0.0256. The van der Waals surface area contributed by atoms with Crippen molar-refractivity contribution in [2.75, 3.05) is 33.2 Å². The lowest BCUT2D eigenvalue weighted by atomic mass is 10.1. The van der Waals surface area contributed by atoms with Gasteiger partial charge in [-0.1, -0.05) is 6.07 Å². The molecule has 2 aromatic rings. The molecule has 3 N–H and O–H groups in total. The summed E-state index contributed by atoms with van der Waals surface area (Å²) in [7, 11) is 4.31. The second-order valence-corrected chi connectivity index (χ2v) is 5.45. The molecular formula is C19H21N3O6. The molecule has 0 spiro atoms. The van der Waals surface area contributed by atoms with Crippen molar-refractivity contribution in [3.8, 4) is 17.2 Å². The summed E-state index contributed by atoms with van der Waals surface area (Å²) in [5, 5.41) is 16.2. The molecule has 0 aromatic heterocycles. The van der Waals surface area contributed by atoms with Crippen molar-refractivity contribution in [3.05, 3.63) is 47.5 Å². The number of carboxylic acid groups (broad SMARTS) is 1. The molecule has 148 valence electrons. The van der Waals surface area contributed by atoms with Crippen molar-refractivity contribution < 1.29 is 28.9 Å². The van der Waals surface area contributed by atoms with Crippen LogP contribution >= 0.6 is 0 Å². The first-order valence-corrected chi connectivity index (χ1v) is 8.18. The van der Waals surface area contributed by atoms with Gasteiger partial charge in [0.15, 0.2) is 11.5 Å². The molecule has 0 radical (unpaired) electrons. The third kappa shape index (κ3) is 5.13. The summed E-state index contributed by atoms with van der Waals surface area (Å²) in [4.78, 5) is 23.5. The van der Waals surface area contributed by atoms with E-state index >= 15 is 0 Å². The lowest BCUT2D eigenvalue weighted by molar-refractivity contribution is -0.119. The molecule has 2 aromatic carbocycles. The summed E-state index contributed by atoms with van der Waals surface area (Å²) in [5.74, 6) is -0.591. The maximum atomic E-state index is 11.9. The van der Waals surface area contributed by atoms with E-state index in [1.165, 1.54) is 26.5 Å². The number of anilines is 1. The second-order valence-electron chi connectivity index (χ2n) is 5.45. The van der Waals surface area contributed by atoms with E-state index in [0.29, 0.717) is 11.4 Å². The van der Waals surface area contributed by atoms with Crippen LogP contribution in [-0.2, 0) is 4.79 Å². The molecule has 0 fully saturated rings. The molecule has 1 amide bonds. The van der Waals surface area contributed by atoms with Crippen LogP contribution in [0, 0.1) is 0 Å². The van der Waals surface area contributed by atoms with E-state index in [2.05, 4.69) is 15.8 Å². The maximum absolute atomic E-state index is 11.9. The molecule has 0 saturated carbocycles. The number of nitrogens with zero attached hydrogens (tertiary/aromatic N) is 1. The Bertz CT molecular complexity index is 882. The van der Waals surface area contributed by atoms with Crippen LogP contribution in [0.3, 0.4) is 0 Å². The Hall–Kier alpha value is -3.75. The molecule has 0 atom stereocenters. The van der Waals surface area contributed by atoms with Crippen LogP contribution in [-0.4, -0.2) is 51.1 Å². The van der Waals surface area contributed by atoms with Gasteiger partial charge in [-0.15, -0.1) is 0 Å². The van der Waals surface area contributed by atoms with Crippen LogP contribution < -0.4 is 25.0 Å². The largest absolute Gasteiger partial charge is 0.497 e. The molecule has 0 bridgehead atoms. The average Bonchev–Trinajstić information content (AvgIpc) is 2.71. The highest BCUT2D eigenvalue weighted by Gasteiger charge is 2.20. The predicted molar refractivity (Wildman–Crippen MR) is 104 cm³/mol. The highest BCUT2D eigenvalue weighted by molar-refractivity contribution is 6.02. The maximum Gasteiger partial charge on any atom is 0.340 e. The number of carbonyl (C=O) groups is 2. The summed E-state index contributed by atoms with van der Waals surface area (Å²) in [6, 6.07) is 10.2. The van der Waals surface area contributed by atoms with Crippen molar-refractivity contribution in [3.63, 3.8) is 0 Å². The van der Waals surface area contributed by atoms with Crippen LogP contribution in [0.25, 0.3) is 0 Å². The first kappa shape index (κ1) is 20.6. The Morgan fingerprint density at radius 3 is 2.54 bits per heavy atom. The zero-order valence-electron chi connectivity index (χ0n) is 15.7. The van der Waals surface area contributed by atoms with Gasteiger partial charge in [0, 0.05) is 17.3 Å². The number of hydrogen-bond donors (Lipinski definition) is 3. The molecule has 0 saturated heterocycles. The lowest BCUT2D eigenvalue weighted by Gasteiger charge is -2.12. The molecule has 0 heterocycles. The Morgan fingerprint density at radius 2 is 1.89 bits per heavy atom. The summed E-state index contributed by atoms with van der Waals surface area (Å²) < 4.78 is 15.3. The van der Waals surface area contributed by atoms with Crippen molar-refractivity contribution in [1.29, 1.82) is 0 Å². The first-order chi connectivity index (χ1) is 13.5. The molecule has 2 rings (SSSR count). The summed E-state index contributed by atoms with van der Waals surface area (Å²) >= 11 is 0. The average molecular weight is 387 g/mol. The quantitative estimate of drug-likeness (QED) is 0.445. The van der Waals surface area contributed by atoms with E-state index in [4.69, 9.17) is 14.2 Å². The zero-order valence-corrected chi connectivity index (χ0v) is 15.7. The van der Waals surface area contributed by atoms with Crippen LogP contribution in [0.15, 0.2) is 41.5 Å². The van der Waals surface area contributed by atoms with Gasteiger partial charge in [0.2, 0.25) is 0 Å². The number of ether oxygens (including phenoxy) is 3. The van der Waals surface area contributed by atoms with Gasteiger partial charge in [0.25, 0.3) is 5.91 Å². The Balaban J connectivity index is 2.03. The number of methoxy groups -OCH3 is 3. The standard InChI is InChI=1S/C19H21N3O6/c1-26-14-6-4-5-13(9-14)20-11-16(23)22-21-10-12-7-8-15(27-2)18(28-3)17(12)19(24)25/h4-10,20H,11H2,1-3H3,(H,22,23)(H,24,25)/b21-10-. The summed E-state index contributed by atoms with van der Waals surface area (Å²) in [6.07, 6.45) is 1.23. The number of carboxylic acids is 1. The number of carbonyl (C=O) groups excluding carboxylic acids is 1. The zero-order chi connectivity index (χ0) is 20.5. The van der Waals surface area contributed by atoms with E-state index in [9.17, 15) is 14.7 Å². The van der Waals surface area contributed by atoms with Gasteiger partial charge < -0.3 is 24.6 Å². The van der Waals surface area contributed by atoms with Crippen LogP contribution in [0.2, 0.25) is 0 Å². The number of hydrazone groups is 1. The third-order valence-electron chi connectivity index (χ3n) is 3.71. The molecule has 9 nitrogen and oxygen atoms in total. The van der Waals surface area contributed by atoms with Gasteiger partial charge in [-0.05, 0) is 24.3 Å². The van der Waals surface area contributed by atoms with Gasteiger partial charge in [-0.3, -0.25) is 4.79 Å². The normalized spacial score (nSPS) is 10.4. The first-order valence-electron chi connectivity index (χ1n) is 8.18. The van der Waals surface area contributed by atoms with Crippen molar-refractivity contribution in [2.45, 2.75) is 0 Å². The fourth-order valence-electron chi connectivity index (χ4n) is 2.40. The SMILES string of the molecule is COc1cccc(NCC(=O)N/N=C\c2ccc(OC)c(OC)c2C(=O)O)c1. The highest BCUT2D eigenvalue weighted by Crippen LogP contribution is 2.32. The number of aromatic carboxylic acids is 1. The van der Waals surface area contributed by atoms with E-state index < -0.39 is 11.9 Å². The van der Waals surface area contributed by atoms with Crippen molar-refractivity contribution in [2.24, 2.45) is 5.10 Å². The van der Waals surface area contributed by atoms with E-state index in [0.717, 1.165) is 0 Å². The number of rotatable bonds is 9. The topological polar surface area (TPSA) is 118 Å². The van der Waals surface area contributed by atoms with E-state index in [1.54, 1.807) is 37.4 Å².